The first-order valence-corrected chi connectivity index (χ1v) is 15.0. The van der Waals surface area contributed by atoms with E-state index < -0.39 is 0 Å². The molecule has 0 saturated carbocycles. The molecule has 0 N–H and O–H groups in total. The minimum absolute atomic E-state index is 1.14. The largest absolute Gasteiger partial charge is 0.316 e. The van der Waals surface area contributed by atoms with Crippen molar-refractivity contribution in [3.63, 3.8) is 0 Å². The predicted molar refractivity (Wildman–Crippen MR) is 176 cm³/mol. The lowest BCUT2D eigenvalue weighted by Crippen LogP contribution is -2.15. The van der Waals surface area contributed by atoms with E-state index in [-0.39, 0.29) is 0 Å². The fraction of sp³-hybridized carbons (Fsp3) is 0. The van der Waals surface area contributed by atoms with Gasteiger partial charge in [0, 0.05) is 49.2 Å². The van der Waals surface area contributed by atoms with Gasteiger partial charge in [0.05, 0.1) is 27.9 Å². The van der Waals surface area contributed by atoms with E-state index in [0.29, 0.717) is 0 Å². The van der Waals surface area contributed by atoms with Gasteiger partial charge in [-0.2, -0.15) is 0 Å². The zero-order valence-electron chi connectivity index (χ0n) is 22.7. The van der Waals surface area contributed by atoms with E-state index in [0.717, 1.165) is 11.4 Å². The summed E-state index contributed by atoms with van der Waals surface area (Å²) in [6.45, 7) is 0. The normalized spacial score (nSPS) is 12.6. The molecule has 0 aliphatic carbocycles. The molecule has 8 aromatic rings. The van der Waals surface area contributed by atoms with Crippen molar-refractivity contribution in [3.8, 4) is 11.4 Å². The number of fused-ring (bicyclic) bond motifs is 7. The van der Waals surface area contributed by atoms with E-state index in [9.17, 15) is 0 Å². The molecule has 42 heavy (non-hydrogen) atoms. The van der Waals surface area contributed by atoms with Gasteiger partial charge in [-0.25, -0.2) is 0 Å². The van der Waals surface area contributed by atoms with Crippen LogP contribution in [0.5, 0.6) is 0 Å². The number of benzene rings is 6. The summed E-state index contributed by atoms with van der Waals surface area (Å²) >= 11 is 1.84. The highest BCUT2D eigenvalue weighted by molar-refractivity contribution is 7.99. The third kappa shape index (κ3) is 3.42. The van der Waals surface area contributed by atoms with Crippen LogP contribution in [0.25, 0.3) is 44.1 Å². The summed E-state index contributed by atoms with van der Waals surface area (Å²) in [4.78, 5) is 4.93. The van der Waals surface area contributed by atoms with Gasteiger partial charge in [0.2, 0.25) is 0 Å². The minimum Gasteiger partial charge on any atom is -0.316 e. The van der Waals surface area contributed by atoms with Crippen LogP contribution in [-0.4, -0.2) is 9.13 Å². The fourth-order valence-electron chi connectivity index (χ4n) is 6.52. The second kappa shape index (κ2) is 9.16. The average molecular weight is 556 g/mol. The first-order valence-electron chi connectivity index (χ1n) is 14.2. The Morgan fingerprint density at radius 3 is 1.95 bits per heavy atom. The van der Waals surface area contributed by atoms with Gasteiger partial charge in [-0.05, 0) is 72.8 Å². The summed E-state index contributed by atoms with van der Waals surface area (Å²) in [5.74, 6) is 0. The molecule has 6 aromatic carbocycles. The zero-order valence-corrected chi connectivity index (χ0v) is 23.5. The van der Waals surface area contributed by atoms with Crippen LogP contribution in [0.3, 0.4) is 0 Å². The van der Waals surface area contributed by atoms with Crippen LogP contribution >= 0.6 is 11.8 Å². The summed E-state index contributed by atoms with van der Waals surface area (Å²) in [6, 6.07) is 52.5. The highest BCUT2D eigenvalue weighted by Gasteiger charge is 2.25. The molecule has 1 aliphatic heterocycles. The van der Waals surface area contributed by atoms with Gasteiger partial charge < -0.3 is 14.0 Å². The van der Waals surface area contributed by atoms with Crippen molar-refractivity contribution < 1.29 is 0 Å². The molecule has 2 aromatic heterocycles. The SMILES string of the molecule is c1ccc(-n2ccc3ccc4c(c5ccccc5n4-c4cccc(N5c6ccccc6Sc6ccccc65)c4)c32)cc1. The Morgan fingerprint density at radius 1 is 0.476 bits per heavy atom. The summed E-state index contributed by atoms with van der Waals surface area (Å²) < 4.78 is 4.75. The monoisotopic (exact) mass is 555 g/mol. The molecule has 0 atom stereocenters. The number of rotatable bonds is 3. The number of hydrogen-bond donors (Lipinski definition) is 0. The van der Waals surface area contributed by atoms with Gasteiger partial charge in [0.15, 0.2) is 0 Å². The Morgan fingerprint density at radius 2 is 1.14 bits per heavy atom. The molecule has 3 nitrogen and oxygen atoms in total. The molecule has 0 bridgehead atoms. The third-order valence-corrected chi connectivity index (χ3v) is 9.43. The van der Waals surface area contributed by atoms with E-state index >= 15 is 0 Å². The number of nitrogens with zero attached hydrogens (tertiary/aromatic N) is 3. The maximum atomic E-state index is 2.42. The summed E-state index contributed by atoms with van der Waals surface area (Å²) in [6.07, 6.45) is 2.19. The third-order valence-electron chi connectivity index (χ3n) is 8.30. The van der Waals surface area contributed by atoms with Crippen LogP contribution in [-0.2, 0) is 0 Å². The molecule has 0 spiro atoms. The maximum Gasteiger partial charge on any atom is 0.0628 e. The summed E-state index contributed by atoms with van der Waals surface area (Å²) in [5.41, 5.74) is 9.52. The standard InChI is InChI=1S/C38H25N3S/c1-2-11-27(12-3-1)39-24-23-26-21-22-34-37(38(26)39)30-15-4-5-16-31(30)40(34)28-13-10-14-29(25-28)41-32-17-6-8-19-35(32)42-36-20-9-7-18-33(36)41/h1-25H. The molecular weight excluding hydrogens is 531 g/mol. The van der Waals surface area contributed by atoms with Crippen molar-refractivity contribution in [2.24, 2.45) is 0 Å². The molecule has 4 heteroatoms. The first kappa shape index (κ1) is 23.5. The summed E-state index contributed by atoms with van der Waals surface area (Å²) in [7, 11) is 0. The van der Waals surface area contributed by atoms with E-state index in [1.54, 1.807) is 0 Å². The van der Waals surface area contributed by atoms with Gasteiger partial charge in [-0.15, -0.1) is 0 Å². The Balaban J connectivity index is 1.31. The van der Waals surface area contributed by atoms with Crippen LogP contribution in [0, 0.1) is 0 Å². The van der Waals surface area contributed by atoms with Crippen molar-refractivity contribution in [2.75, 3.05) is 4.90 Å². The lowest BCUT2D eigenvalue weighted by molar-refractivity contribution is 1.13. The lowest BCUT2D eigenvalue weighted by atomic mass is 10.1. The molecule has 0 unspecified atom stereocenters. The average Bonchev–Trinajstić information content (AvgIpc) is 3.63. The Labute approximate surface area is 247 Å². The topological polar surface area (TPSA) is 13.1 Å². The van der Waals surface area contributed by atoms with Gasteiger partial charge in [0.1, 0.15) is 0 Å². The second-order valence-electron chi connectivity index (χ2n) is 10.7. The van der Waals surface area contributed by atoms with Crippen LogP contribution in [0.15, 0.2) is 162 Å². The van der Waals surface area contributed by atoms with E-state index in [1.165, 1.54) is 59.6 Å². The Bertz CT molecular complexity index is 2250. The smallest absolute Gasteiger partial charge is 0.0628 e. The van der Waals surface area contributed by atoms with Gasteiger partial charge in [-0.1, -0.05) is 84.6 Å². The van der Waals surface area contributed by atoms with E-state index in [1.807, 2.05) is 11.8 Å². The highest BCUT2D eigenvalue weighted by atomic mass is 32.2. The molecule has 0 fully saturated rings. The van der Waals surface area contributed by atoms with E-state index in [4.69, 9.17) is 0 Å². The predicted octanol–water partition coefficient (Wildman–Crippen LogP) is 10.7. The van der Waals surface area contributed by atoms with Crippen LogP contribution in [0.1, 0.15) is 0 Å². The highest BCUT2D eigenvalue weighted by Crippen LogP contribution is 2.51. The van der Waals surface area contributed by atoms with Crippen molar-refractivity contribution >= 4 is 61.5 Å². The summed E-state index contributed by atoms with van der Waals surface area (Å²) in [5, 5.41) is 3.76. The van der Waals surface area contributed by atoms with Crippen molar-refractivity contribution in [3.05, 3.63) is 152 Å². The van der Waals surface area contributed by atoms with E-state index in [2.05, 4.69) is 166 Å². The van der Waals surface area contributed by atoms with Gasteiger partial charge in [-0.3, -0.25) is 0 Å². The fourth-order valence-corrected chi connectivity index (χ4v) is 7.58. The quantitative estimate of drug-likeness (QED) is 0.215. The van der Waals surface area contributed by atoms with Gasteiger partial charge in [0.25, 0.3) is 0 Å². The molecular formula is C38H25N3S. The maximum absolute atomic E-state index is 2.42. The molecule has 0 radical (unpaired) electrons. The molecule has 3 heterocycles. The molecule has 1 aliphatic rings. The van der Waals surface area contributed by atoms with Crippen LogP contribution < -0.4 is 4.90 Å². The molecule has 0 amide bonds. The van der Waals surface area contributed by atoms with Crippen molar-refractivity contribution in [1.29, 1.82) is 0 Å². The van der Waals surface area contributed by atoms with Crippen molar-refractivity contribution in [2.45, 2.75) is 9.79 Å². The number of para-hydroxylation sites is 4. The number of hydrogen-bond acceptors (Lipinski definition) is 2. The Hall–Kier alpha value is -5.19. The lowest BCUT2D eigenvalue weighted by Gasteiger charge is -2.33. The molecule has 9 rings (SSSR count). The van der Waals surface area contributed by atoms with Gasteiger partial charge >= 0.3 is 0 Å². The second-order valence-corrected chi connectivity index (χ2v) is 11.7. The number of aromatic nitrogens is 2. The minimum atomic E-state index is 1.14. The van der Waals surface area contributed by atoms with Crippen molar-refractivity contribution in [1.82, 2.24) is 9.13 Å². The van der Waals surface area contributed by atoms with Crippen LogP contribution in [0.4, 0.5) is 17.1 Å². The Kier molecular flexibility index (Phi) is 5.13. The first-order chi connectivity index (χ1) is 20.8. The number of anilines is 3. The zero-order chi connectivity index (χ0) is 27.6. The van der Waals surface area contributed by atoms with Crippen LogP contribution in [0.2, 0.25) is 0 Å². The molecule has 0 saturated heterocycles. The molecule has 198 valence electrons.